The molecule has 0 heterocycles. The van der Waals surface area contributed by atoms with Crippen LogP contribution >= 0.6 is 0 Å². The summed E-state index contributed by atoms with van der Waals surface area (Å²) in [5.74, 6) is 1.47. The second kappa shape index (κ2) is 21.7. The molecule has 1 nitrogen and oxygen atoms in total. The minimum Gasteiger partial charge on any atom is -0.507 e. The summed E-state index contributed by atoms with van der Waals surface area (Å²) in [5, 5.41) is 25.1. The largest absolute Gasteiger partial charge is 0.507 e. The first-order chi connectivity index (χ1) is 30.4. The van der Waals surface area contributed by atoms with Gasteiger partial charge in [-0.1, -0.05) is 250 Å². The lowest BCUT2D eigenvalue weighted by molar-refractivity contribution is 0.482. The van der Waals surface area contributed by atoms with Crippen LogP contribution < -0.4 is 0 Å². The van der Waals surface area contributed by atoms with E-state index in [-0.39, 0.29) is 0 Å². The molecule has 1 N–H and O–H groups in total. The van der Waals surface area contributed by atoms with Gasteiger partial charge in [0.05, 0.1) is 0 Å². The van der Waals surface area contributed by atoms with E-state index in [0.29, 0.717) is 17.6 Å². The lowest BCUT2D eigenvalue weighted by Crippen LogP contribution is -1.90. The molecule has 0 fully saturated rings. The predicted octanol–water partition coefficient (Wildman–Crippen LogP) is 18.2. The second-order valence-electron chi connectivity index (χ2n) is 15.7. The Morgan fingerprint density at radius 2 is 0.677 bits per heavy atom. The Bertz CT molecular complexity index is 2930. The smallest absolute Gasteiger partial charge is 0.124 e. The number of fused-ring (bicyclic) bond motifs is 10. The Morgan fingerprint density at radius 1 is 0.355 bits per heavy atom. The van der Waals surface area contributed by atoms with E-state index in [1.165, 1.54) is 70.7 Å². The van der Waals surface area contributed by atoms with Crippen LogP contribution in [0.25, 0.3) is 70.7 Å². The maximum absolute atomic E-state index is 9.87. The van der Waals surface area contributed by atoms with Crippen LogP contribution in [0.5, 0.6) is 5.75 Å². The van der Waals surface area contributed by atoms with E-state index in [1.54, 1.807) is 0 Å². The fraction of sp³-hybridized carbons (Fsp3) is 0.180. The highest BCUT2D eigenvalue weighted by molar-refractivity contribution is 6.11. The summed E-state index contributed by atoms with van der Waals surface area (Å²) in [6, 6.07) is 65.7. The van der Waals surface area contributed by atoms with Crippen LogP contribution in [0.3, 0.4) is 0 Å². The highest BCUT2D eigenvalue weighted by Gasteiger charge is 2.10. The van der Waals surface area contributed by atoms with Crippen molar-refractivity contribution in [1.82, 2.24) is 0 Å². The molecule has 0 spiro atoms. The molecule has 0 unspecified atom stereocenters. The van der Waals surface area contributed by atoms with Gasteiger partial charge in [0.15, 0.2) is 0 Å². The SMILES string of the molecule is C1=Cc2ccccc2C1.CC.CC.CC(C)c1cc2ccccc2c2ccccc12.CC(C)c1cc2ccccc2c2ccccc12.Oc1cc2ccccc2c2ccccc12. The van der Waals surface area contributed by atoms with Gasteiger partial charge in [-0.15, -0.1) is 0 Å². The Kier molecular flexibility index (Phi) is 15.7. The molecule has 10 aromatic carbocycles. The molecule has 0 aromatic heterocycles. The average Bonchev–Trinajstić information content (AvgIpc) is 3.82. The van der Waals surface area contributed by atoms with E-state index >= 15 is 0 Å². The summed E-state index contributed by atoms with van der Waals surface area (Å²) in [4.78, 5) is 0. The molecule has 1 heteroatoms. The molecule has 0 bridgehead atoms. The third-order valence-electron chi connectivity index (χ3n) is 11.3. The van der Waals surface area contributed by atoms with Gasteiger partial charge < -0.3 is 5.11 Å². The topological polar surface area (TPSA) is 20.2 Å². The van der Waals surface area contributed by atoms with Gasteiger partial charge >= 0.3 is 0 Å². The number of allylic oxidation sites excluding steroid dienone is 1. The Balaban J connectivity index is 0.000000137. The summed E-state index contributed by atoms with van der Waals surface area (Å²) >= 11 is 0. The molecule has 0 amide bonds. The molecule has 1 aliphatic rings. The fourth-order valence-electron chi connectivity index (χ4n) is 8.35. The highest BCUT2D eigenvalue weighted by atomic mass is 16.3. The van der Waals surface area contributed by atoms with Crippen molar-refractivity contribution in [3.05, 3.63) is 216 Å². The average molecular weight is 811 g/mol. The van der Waals surface area contributed by atoms with Gasteiger partial charge in [0.25, 0.3) is 0 Å². The van der Waals surface area contributed by atoms with Crippen LogP contribution in [0.15, 0.2) is 194 Å². The molecule has 11 rings (SSSR count). The van der Waals surface area contributed by atoms with Crippen LogP contribution in [0.1, 0.15) is 89.5 Å². The Hall–Kier alpha value is -6.70. The van der Waals surface area contributed by atoms with Gasteiger partial charge in [-0.2, -0.15) is 0 Å². The molecule has 1 aliphatic carbocycles. The molecule has 10 aromatic rings. The first-order valence-corrected chi connectivity index (χ1v) is 22.5. The lowest BCUT2D eigenvalue weighted by atomic mass is 9.92. The van der Waals surface area contributed by atoms with E-state index < -0.39 is 0 Å². The molecule has 0 saturated heterocycles. The zero-order valence-electron chi connectivity index (χ0n) is 37.9. The van der Waals surface area contributed by atoms with Gasteiger partial charge in [-0.3, -0.25) is 0 Å². The molecular weight excluding hydrogens is 749 g/mol. The monoisotopic (exact) mass is 810 g/mol. The van der Waals surface area contributed by atoms with Gasteiger partial charge in [0, 0.05) is 5.39 Å². The molecule has 62 heavy (non-hydrogen) atoms. The van der Waals surface area contributed by atoms with Crippen LogP contribution in [-0.4, -0.2) is 5.11 Å². The van der Waals surface area contributed by atoms with E-state index in [2.05, 4.69) is 179 Å². The zero-order valence-corrected chi connectivity index (χ0v) is 37.9. The standard InChI is InChI=1S/2C17H16.C14H10O.C9H8.2C2H6/c2*1-12(2)17-11-13-7-3-4-8-14(13)15-9-5-6-10-16(15)17;15-14-9-10-5-1-2-6-11(10)12-7-3-4-8-13(12)14;1-2-5-9-7-3-6-8(9)4-1;2*1-2/h2*3-12H,1-2H3;1-9,15H;1-6H,7H2;2*1-2H3. The Labute approximate surface area is 370 Å². The van der Waals surface area contributed by atoms with Crippen molar-refractivity contribution in [2.24, 2.45) is 0 Å². The molecule has 0 aliphatic heterocycles. The molecule has 312 valence electrons. The van der Waals surface area contributed by atoms with Crippen molar-refractivity contribution >= 4 is 70.7 Å². The number of phenolic OH excluding ortho intramolecular Hbond substituents is 1. The predicted molar refractivity (Wildman–Crippen MR) is 276 cm³/mol. The summed E-state index contributed by atoms with van der Waals surface area (Å²) in [5.41, 5.74) is 5.73. The summed E-state index contributed by atoms with van der Waals surface area (Å²) < 4.78 is 0. The van der Waals surface area contributed by atoms with E-state index in [9.17, 15) is 5.11 Å². The van der Waals surface area contributed by atoms with Crippen LogP contribution in [0.4, 0.5) is 0 Å². The van der Waals surface area contributed by atoms with Gasteiger partial charge in [0.1, 0.15) is 5.75 Å². The van der Waals surface area contributed by atoms with Crippen molar-refractivity contribution in [2.75, 3.05) is 0 Å². The third-order valence-corrected chi connectivity index (χ3v) is 11.3. The summed E-state index contributed by atoms with van der Waals surface area (Å²) in [6.45, 7) is 17.0. The maximum Gasteiger partial charge on any atom is 0.124 e. The number of hydrogen-bond donors (Lipinski definition) is 1. The number of rotatable bonds is 2. The van der Waals surface area contributed by atoms with Crippen molar-refractivity contribution < 1.29 is 5.11 Å². The second-order valence-corrected chi connectivity index (χ2v) is 15.7. The number of hydrogen-bond acceptors (Lipinski definition) is 1. The lowest BCUT2D eigenvalue weighted by Gasteiger charge is -2.13. The first-order valence-electron chi connectivity index (χ1n) is 22.5. The zero-order chi connectivity index (χ0) is 44.0. The van der Waals surface area contributed by atoms with Gasteiger partial charge in [-0.05, 0) is 106 Å². The first kappa shape index (κ1) is 44.8. The molecule has 0 radical (unpaired) electrons. The molecular formula is C61H62O. The summed E-state index contributed by atoms with van der Waals surface area (Å²) in [6.07, 6.45) is 5.50. The van der Waals surface area contributed by atoms with Crippen molar-refractivity contribution in [2.45, 2.75) is 73.6 Å². The quantitative estimate of drug-likeness (QED) is 0.172. The van der Waals surface area contributed by atoms with E-state index in [4.69, 9.17) is 0 Å². The minimum atomic E-state index is 0.351. The number of phenols is 1. The van der Waals surface area contributed by atoms with Crippen molar-refractivity contribution in [3.8, 4) is 5.75 Å². The van der Waals surface area contributed by atoms with Gasteiger partial charge in [-0.25, -0.2) is 0 Å². The van der Waals surface area contributed by atoms with Crippen LogP contribution in [-0.2, 0) is 6.42 Å². The van der Waals surface area contributed by atoms with Crippen molar-refractivity contribution in [1.29, 1.82) is 0 Å². The number of benzene rings is 10. The van der Waals surface area contributed by atoms with Crippen molar-refractivity contribution in [3.63, 3.8) is 0 Å². The Morgan fingerprint density at radius 3 is 1.10 bits per heavy atom. The summed E-state index contributed by atoms with van der Waals surface area (Å²) in [7, 11) is 0. The van der Waals surface area contributed by atoms with E-state index in [0.717, 1.165) is 22.6 Å². The number of aromatic hydroxyl groups is 1. The highest BCUT2D eigenvalue weighted by Crippen LogP contribution is 2.35. The van der Waals surface area contributed by atoms with E-state index in [1.807, 2.05) is 76.2 Å². The van der Waals surface area contributed by atoms with Crippen LogP contribution in [0, 0.1) is 0 Å². The third kappa shape index (κ3) is 10.1. The minimum absolute atomic E-state index is 0.351. The molecule has 0 saturated carbocycles. The normalized spacial score (nSPS) is 11.1. The van der Waals surface area contributed by atoms with Crippen LogP contribution in [0.2, 0.25) is 0 Å². The molecule has 0 atom stereocenters. The van der Waals surface area contributed by atoms with Gasteiger partial charge in [0.2, 0.25) is 0 Å². The maximum atomic E-state index is 9.87. The fourth-order valence-corrected chi connectivity index (χ4v) is 8.35.